The Morgan fingerprint density at radius 3 is 2.70 bits per heavy atom. The van der Waals surface area contributed by atoms with Gasteiger partial charge >= 0.3 is 0 Å². The maximum Gasteiger partial charge on any atom is 0.224 e. The van der Waals surface area contributed by atoms with Crippen LogP contribution in [0.2, 0.25) is 0 Å². The Morgan fingerprint density at radius 2 is 2.07 bits per heavy atom. The van der Waals surface area contributed by atoms with E-state index in [4.69, 9.17) is 0 Å². The third kappa shape index (κ3) is 5.45. The Labute approximate surface area is 162 Å². The Bertz CT molecular complexity index is 803. The highest BCUT2D eigenvalue weighted by Gasteiger charge is 2.40. The van der Waals surface area contributed by atoms with Crippen LogP contribution in [0.3, 0.4) is 0 Å². The third-order valence-corrected chi connectivity index (χ3v) is 7.23. The molecule has 150 valence electrons. The number of hydrogen-bond donors (Lipinski definition) is 2. The van der Waals surface area contributed by atoms with Crippen LogP contribution in [0.4, 0.5) is 5.69 Å². The fourth-order valence-electron chi connectivity index (χ4n) is 3.05. The summed E-state index contributed by atoms with van der Waals surface area (Å²) >= 11 is 0. The van der Waals surface area contributed by atoms with Crippen LogP contribution in [0.1, 0.15) is 39.2 Å². The molecule has 1 aliphatic rings. The second-order valence-electron chi connectivity index (χ2n) is 7.40. The molecule has 0 saturated carbocycles. The highest BCUT2D eigenvalue weighted by molar-refractivity contribution is 7.92. The van der Waals surface area contributed by atoms with E-state index in [1.54, 1.807) is 20.9 Å². The Kier molecular flexibility index (Phi) is 6.86. The molecule has 0 radical (unpaired) electrons. The summed E-state index contributed by atoms with van der Waals surface area (Å²) in [6.07, 6.45) is 1.31. The standard InChI is InChI=1S/C19H30N4O3S/c1-5-7-17(24)22-16-9-6-8-15(12-16)13-21-18(20-4)23-10-11-27(25,26)19(2,3)14-23/h6,8-9,12H,5,7,10-11,13-14H2,1-4H3,(H,20,21)(H,22,24). The second kappa shape index (κ2) is 8.73. The zero-order valence-electron chi connectivity index (χ0n) is 16.6. The number of hydrogen-bond acceptors (Lipinski definition) is 4. The van der Waals surface area contributed by atoms with Gasteiger partial charge in [0.15, 0.2) is 15.8 Å². The van der Waals surface area contributed by atoms with E-state index in [9.17, 15) is 13.2 Å². The van der Waals surface area contributed by atoms with E-state index in [-0.39, 0.29) is 11.7 Å². The fraction of sp³-hybridized carbons (Fsp3) is 0.579. The number of nitrogens with zero attached hydrogens (tertiary/aromatic N) is 2. The number of guanidine groups is 1. The lowest BCUT2D eigenvalue weighted by Gasteiger charge is -2.39. The number of carbonyl (C=O) groups excluding carboxylic acids is 1. The molecule has 1 aliphatic heterocycles. The largest absolute Gasteiger partial charge is 0.352 e. The SMILES string of the molecule is CCCC(=O)Nc1cccc(CNC(=NC)N2CCS(=O)(=O)C(C)(C)C2)c1. The van der Waals surface area contributed by atoms with Gasteiger partial charge in [-0.15, -0.1) is 0 Å². The van der Waals surface area contributed by atoms with E-state index < -0.39 is 14.6 Å². The van der Waals surface area contributed by atoms with Crippen molar-refractivity contribution in [3.8, 4) is 0 Å². The van der Waals surface area contributed by atoms with Crippen molar-refractivity contribution in [3.05, 3.63) is 29.8 Å². The summed E-state index contributed by atoms with van der Waals surface area (Å²) in [7, 11) is -1.40. The second-order valence-corrected chi connectivity index (χ2v) is 10.1. The fourth-order valence-corrected chi connectivity index (χ4v) is 4.41. The number of nitrogens with one attached hydrogen (secondary N) is 2. The van der Waals surface area contributed by atoms with Crippen LogP contribution >= 0.6 is 0 Å². The summed E-state index contributed by atoms with van der Waals surface area (Å²) in [6, 6.07) is 7.67. The van der Waals surface area contributed by atoms with Crippen LogP contribution < -0.4 is 10.6 Å². The van der Waals surface area contributed by atoms with Gasteiger partial charge in [0, 0.05) is 38.8 Å². The molecule has 1 amide bonds. The van der Waals surface area contributed by atoms with Gasteiger partial charge in [-0.2, -0.15) is 0 Å². The molecule has 0 bridgehead atoms. The lowest BCUT2D eigenvalue weighted by molar-refractivity contribution is -0.116. The summed E-state index contributed by atoms with van der Waals surface area (Å²) in [5.74, 6) is 0.813. The quantitative estimate of drug-likeness (QED) is 0.589. The molecule has 0 unspecified atom stereocenters. The first kappa shape index (κ1) is 21.2. The molecule has 0 aromatic heterocycles. The van der Waals surface area contributed by atoms with Gasteiger partial charge in [0.25, 0.3) is 0 Å². The molecule has 0 spiro atoms. The van der Waals surface area contributed by atoms with E-state index in [1.165, 1.54) is 0 Å². The highest BCUT2D eigenvalue weighted by Crippen LogP contribution is 2.23. The number of carbonyl (C=O) groups is 1. The van der Waals surface area contributed by atoms with Gasteiger partial charge in [0.05, 0.1) is 10.5 Å². The first-order chi connectivity index (χ1) is 12.7. The predicted octanol–water partition coefficient (Wildman–Crippen LogP) is 2.01. The topological polar surface area (TPSA) is 90.9 Å². The Hall–Kier alpha value is -2.09. The third-order valence-electron chi connectivity index (χ3n) is 4.69. The van der Waals surface area contributed by atoms with Crippen LogP contribution in [0.5, 0.6) is 0 Å². The van der Waals surface area contributed by atoms with Crippen LogP contribution in [0, 0.1) is 0 Å². The van der Waals surface area contributed by atoms with Crippen molar-refractivity contribution in [1.29, 1.82) is 0 Å². The van der Waals surface area contributed by atoms with Crippen molar-refractivity contribution >= 4 is 27.4 Å². The number of sulfone groups is 1. The van der Waals surface area contributed by atoms with Crippen LogP contribution in [-0.2, 0) is 21.2 Å². The number of aliphatic imine (C=N–C) groups is 1. The minimum atomic E-state index is -3.09. The van der Waals surface area contributed by atoms with Crippen molar-refractivity contribution in [2.24, 2.45) is 4.99 Å². The van der Waals surface area contributed by atoms with Gasteiger partial charge < -0.3 is 15.5 Å². The Balaban J connectivity index is 2.00. The number of benzene rings is 1. The minimum Gasteiger partial charge on any atom is -0.352 e. The van der Waals surface area contributed by atoms with Gasteiger partial charge in [0.1, 0.15) is 0 Å². The van der Waals surface area contributed by atoms with E-state index in [1.807, 2.05) is 36.1 Å². The molecule has 1 aromatic rings. The molecule has 27 heavy (non-hydrogen) atoms. The molecule has 1 heterocycles. The van der Waals surface area contributed by atoms with Gasteiger partial charge in [0.2, 0.25) is 5.91 Å². The van der Waals surface area contributed by atoms with Gasteiger partial charge in [-0.1, -0.05) is 19.1 Å². The summed E-state index contributed by atoms with van der Waals surface area (Å²) < 4.78 is 23.6. The molecule has 1 aromatic carbocycles. The summed E-state index contributed by atoms with van der Waals surface area (Å²) in [5, 5.41) is 6.19. The molecule has 0 atom stereocenters. The average Bonchev–Trinajstić information content (AvgIpc) is 2.59. The lowest BCUT2D eigenvalue weighted by atomic mass is 10.2. The van der Waals surface area contributed by atoms with Crippen LogP contribution in [0.25, 0.3) is 0 Å². The molecule has 0 aliphatic carbocycles. The highest BCUT2D eigenvalue weighted by atomic mass is 32.2. The van der Waals surface area contributed by atoms with Crippen molar-refractivity contribution in [2.75, 3.05) is 31.2 Å². The Morgan fingerprint density at radius 1 is 1.33 bits per heavy atom. The first-order valence-electron chi connectivity index (χ1n) is 9.25. The number of amides is 1. The maximum absolute atomic E-state index is 12.2. The smallest absolute Gasteiger partial charge is 0.224 e. The molecule has 2 rings (SSSR count). The van der Waals surface area contributed by atoms with Crippen molar-refractivity contribution in [3.63, 3.8) is 0 Å². The summed E-state index contributed by atoms with van der Waals surface area (Å²) in [6.45, 7) is 6.85. The number of rotatable bonds is 5. The van der Waals surface area contributed by atoms with E-state index >= 15 is 0 Å². The lowest BCUT2D eigenvalue weighted by Crippen LogP contribution is -2.57. The molecule has 8 heteroatoms. The molecular formula is C19H30N4O3S. The normalized spacial score (nSPS) is 18.8. The zero-order valence-corrected chi connectivity index (χ0v) is 17.4. The zero-order chi connectivity index (χ0) is 20.1. The van der Waals surface area contributed by atoms with Crippen molar-refractivity contribution < 1.29 is 13.2 Å². The van der Waals surface area contributed by atoms with Crippen LogP contribution in [0.15, 0.2) is 29.3 Å². The predicted molar refractivity (Wildman–Crippen MR) is 110 cm³/mol. The maximum atomic E-state index is 12.2. The molecule has 7 nitrogen and oxygen atoms in total. The molecule has 1 saturated heterocycles. The van der Waals surface area contributed by atoms with Gasteiger partial charge in [-0.05, 0) is 38.0 Å². The molecule has 1 fully saturated rings. The summed E-state index contributed by atoms with van der Waals surface area (Å²) in [5.41, 5.74) is 1.78. The first-order valence-corrected chi connectivity index (χ1v) is 10.9. The van der Waals surface area contributed by atoms with Gasteiger partial charge in [-0.25, -0.2) is 8.42 Å². The summed E-state index contributed by atoms with van der Waals surface area (Å²) in [4.78, 5) is 18.0. The number of anilines is 1. The monoisotopic (exact) mass is 394 g/mol. The molecular weight excluding hydrogens is 364 g/mol. The molecule has 2 N–H and O–H groups in total. The van der Waals surface area contributed by atoms with Crippen LogP contribution in [-0.4, -0.2) is 55.8 Å². The van der Waals surface area contributed by atoms with E-state index in [0.717, 1.165) is 17.7 Å². The van der Waals surface area contributed by atoms with Crippen molar-refractivity contribution in [2.45, 2.75) is 44.9 Å². The van der Waals surface area contributed by atoms with E-state index in [0.29, 0.717) is 32.0 Å². The minimum absolute atomic E-state index is 0.00942. The van der Waals surface area contributed by atoms with Gasteiger partial charge in [-0.3, -0.25) is 9.79 Å². The average molecular weight is 395 g/mol. The van der Waals surface area contributed by atoms with Crippen molar-refractivity contribution in [1.82, 2.24) is 10.2 Å². The van der Waals surface area contributed by atoms with E-state index in [2.05, 4.69) is 15.6 Å².